The molecule has 8 heteroatoms. The van der Waals surface area contributed by atoms with Crippen LogP contribution in [0.4, 0.5) is 0 Å². The van der Waals surface area contributed by atoms with E-state index in [4.69, 9.17) is 15.2 Å². The molecule has 80 valence electrons. The van der Waals surface area contributed by atoms with E-state index in [1.807, 2.05) is 0 Å². The zero-order valence-electron chi connectivity index (χ0n) is 7.23. The highest BCUT2D eigenvalue weighted by Crippen LogP contribution is 2.17. The van der Waals surface area contributed by atoms with Crippen LogP contribution in [0.5, 0.6) is 0 Å². The summed E-state index contributed by atoms with van der Waals surface area (Å²) in [5.41, 5.74) is 8.10. The number of hydrogen-bond acceptors (Lipinski definition) is 3. The molecule has 0 amide bonds. The van der Waals surface area contributed by atoms with Crippen molar-refractivity contribution in [3.05, 3.63) is 28.7 Å². The summed E-state index contributed by atoms with van der Waals surface area (Å²) in [7, 11) is -4.43. The van der Waals surface area contributed by atoms with E-state index in [-0.39, 0.29) is 5.71 Å². The van der Waals surface area contributed by atoms with Crippen molar-refractivity contribution in [2.24, 2.45) is 5.92 Å². The highest BCUT2D eigenvalue weighted by molar-refractivity contribution is 7.90. The zero-order chi connectivity index (χ0) is 11.6. The lowest BCUT2D eigenvalue weighted by Gasteiger charge is -2.06. The quantitative estimate of drug-likeness (QED) is 0.382. The van der Waals surface area contributed by atoms with Crippen molar-refractivity contribution in [3.63, 3.8) is 0 Å². The first kappa shape index (κ1) is 11.3. The predicted octanol–water partition coefficient (Wildman–Crippen LogP) is -0.301. The molecule has 15 heavy (non-hydrogen) atoms. The lowest BCUT2D eigenvalue weighted by Crippen LogP contribution is -2.24. The number of carboxylic acid groups (broad SMARTS) is 1. The number of hydrogen-bond donors (Lipinski definition) is 2. The fourth-order valence-corrected chi connectivity index (χ4v) is 1.55. The minimum atomic E-state index is -4.43. The van der Waals surface area contributed by atoms with Crippen molar-refractivity contribution in [2.45, 2.75) is 0 Å². The number of carbonyl (C=O) groups is 1. The number of aliphatic carboxylic acids is 1. The fraction of sp³-hybridized carbons (Fsp3) is 0.143. The van der Waals surface area contributed by atoms with Gasteiger partial charge in [0.2, 0.25) is 0 Å². The van der Waals surface area contributed by atoms with Crippen LogP contribution in [-0.2, 0) is 14.9 Å². The summed E-state index contributed by atoms with van der Waals surface area (Å²) in [6.07, 6.45) is 2.72. The molecular weight excluding hydrogens is 224 g/mol. The molecular formula is C7H6N2O5S. The van der Waals surface area contributed by atoms with Gasteiger partial charge in [-0.1, -0.05) is 6.08 Å². The van der Waals surface area contributed by atoms with Crippen LogP contribution in [0.25, 0.3) is 5.53 Å². The number of allylic oxidation sites excluding steroid dienone is 2. The Morgan fingerprint density at radius 1 is 1.53 bits per heavy atom. The summed E-state index contributed by atoms with van der Waals surface area (Å²) in [5, 5.41) is 8.64. The second-order valence-corrected chi connectivity index (χ2v) is 4.14. The van der Waals surface area contributed by atoms with E-state index in [0.717, 1.165) is 18.2 Å². The van der Waals surface area contributed by atoms with Crippen LogP contribution in [0.3, 0.4) is 0 Å². The summed E-state index contributed by atoms with van der Waals surface area (Å²) in [4.78, 5) is 12.7. The van der Waals surface area contributed by atoms with Gasteiger partial charge in [-0.25, -0.2) is 0 Å². The molecule has 0 radical (unpaired) electrons. The monoisotopic (exact) mass is 230 g/mol. The van der Waals surface area contributed by atoms with E-state index in [2.05, 4.69) is 4.79 Å². The lowest BCUT2D eigenvalue weighted by atomic mass is 9.99. The van der Waals surface area contributed by atoms with Crippen molar-refractivity contribution in [1.29, 1.82) is 0 Å². The maximum atomic E-state index is 10.7. The molecule has 0 aromatic rings. The van der Waals surface area contributed by atoms with E-state index in [1.54, 1.807) is 0 Å². The molecule has 0 aromatic carbocycles. The highest BCUT2D eigenvalue weighted by Gasteiger charge is 2.32. The SMILES string of the molecule is [N-]=[N+]=C1C=C(S(=O)(=O)O)C=CC1C(=O)O. The Labute approximate surface area is 84.7 Å². The number of carboxylic acids is 1. The molecule has 0 heterocycles. The maximum Gasteiger partial charge on any atom is 0.322 e. The van der Waals surface area contributed by atoms with E-state index < -0.39 is 26.9 Å². The molecule has 1 aliphatic carbocycles. The van der Waals surface area contributed by atoms with Crippen LogP contribution >= 0.6 is 0 Å². The van der Waals surface area contributed by atoms with Gasteiger partial charge in [0, 0.05) is 6.08 Å². The first-order valence-electron chi connectivity index (χ1n) is 3.68. The van der Waals surface area contributed by atoms with Gasteiger partial charge < -0.3 is 10.6 Å². The maximum absolute atomic E-state index is 10.7. The van der Waals surface area contributed by atoms with Crippen LogP contribution in [0, 0.1) is 5.92 Å². The predicted molar refractivity (Wildman–Crippen MR) is 48.5 cm³/mol. The molecule has 0 fully saturated rings. The largest absolute Gasteiger partial charge is 0.480 e. The molecule has 1 atom stereocenters. The van der Waals surface area contributed by atoms with Crippen molar-refractivity contribution >= 4 is 21.8 Å². The minimum absolute atomic E-state index is 0.363. The van der Waals surface area contributed by atoms with Crippen molar-refractivity contribution < 1.29 is 27.7 Å². The first-order valence-corrected chi connectivity index (χ1v) is 5.12. The van der Waals surface area contributed by atoms with Crippen molar-refractivity contribution in [2.75, 3.05) is 0 Å². The van der Waals surface area contributed by atoms with Gasteiger partial charge in [-0.15, -0.1) is 0 Å². The average Bonchev–Trinajstić information content (AvgIpc) is 2.15. The van der Waals surface area contributed by atoms with E-state index in [1.165, 1.54) is 0 Å². The normalized spacial score (nSPS) is 20.7. The summed E-state index contributed by atoms with van der Waals surface area (Å²) in [6.45, 7) is 0. The van der Waals surface area contributed by atoms with Gasteiger partial charge in [0.15, 0.2) is 5.92 Å². The van der Waals surface area contributed by atoms with Crippen LogP contribution in [0.1, 0.15) is 0 Å². The van der Waals surface area contributed by atoms with Gasteiger partial charge in [0.1, 0.15) is 4.91 Å². The molecule has 0 spiro atoms. The average molecular weight is 230 g/mol. The van der Waals surface area contributed by atoms with Gasteiger partial charge in [-0.05, 0) is 6.08 Å². The molecule has 0 aliphatic heterocycles. The second kappa shape index (κ2) is 3.77. The summed E-state index contributed by atoms with van der Waals surface area (Å²) >= 11 is 0. The van der Waals surface area contributed by atoms with Crippen molar-refractivity contribution in [3.8, 4) is 0 Å². The lowest BCUT2D eigenvalue weighted by molar-refractivity contribution is -0.139. The Balaban J connectivity index is 3.23. The third-order valence-corrected chi connectivity index (χ3v) is 2.59. The van der Waals surface area contributed by atoms with Crippen LogP contribution in [0.15, 0.2) is 23.1 Å². The summed E-state index contributed by atoms with van der Waals surface area (Å²) < 4.78 is 30.0. The Hall–Kier alpha value is -1.76. The molecule has 0 saturated heterocycles. The van der Waals surface area contributed by atoms with Gasteiger partial charge in [0.25, 0.3) is 10.1 Å². The van der Waals surface area contributed by atoms with E-state index >= 15 is 0 Å². The smallest absolute Gasteiger partial charge is 0.322 e. The molecule has 1 aliphatic rings. The second-order valence-electron chi connectivity index (χ2n) is 2.72. The zero-order valence-corrected chi connectivity index (χ0v) is 8.05. The standard InChI is InChI=1S/C7H6N2O5S/c8-9-6-3-4(15(12,13)14)1-2-5(6)7(10)11/h1-3,5H,(H,10,11)(H,12,13,14). The third-order valence-electron chi connectivity index (χ3n) is 1.74. The summed E-state index contributed by atoms with van der Waals surface area (Å²) in [5.74, 6) is -2.51. The van der Waals surface area contributed by atoms with Gasteiger partial charge in [-0.3, -0.25) is 9.35 Å². The first-order chi connectivity index (χ1) is 6.86. The Morgan fingerprint density at radius 2 is 2.13 bits per heavy atom. The number of nitrogens with zero attached hydrogens (tertiary/aromatic N) is 2. The molecule has 1 rings (SSSR count). The topological polar surface area (TPSA) is 128 Å². The van der Waals surface area contributed by atoms with E-state index in [9.17, 15) is 13.2 Å². The Kier molecular flexibility index (Phi) is 2.85. The highest BCUT2D eigenvalue weighted by atomic mass is 32.2. The van der Waals surface area contributed by atoms with Gasteiger partial charge in [0.05, 0.1) is 0 Å². The molecule has 2 N–H and O–H groups in total. The molecule has 7 nitrogen and oxygen atoms in total. The Bertz CT molecular complexity index is 509. The minimum Gasteiger partial charge on any atom is -0.480 e. The van der Waals surface area contributed by atoms with Gasteiger partial charge >= 0.3 is 11.7 Å². The van der Waals surface area contributed by atoms with Crippen LogP contribution in [-0.4, -0.2) is 34.5 Å². The summed E-state index contributed by atoms with van der Waals surface area (Å²) in [6, 6.07) is 0. The van der Waals surface area contributed by atoms with Crippen LogP contribution in [0.2, 0.25) is 0 Å². The van der Waals surface area contributed by atoms with Crippen molar-refractivity contribution in [1.82, 2.24) is 0 Å². The third kappa shape index (κ3) is 2.38. The van der Waals surface area contributed by atoms with Gasteiger partial charge in [-0.2, -0.15) is 13.2 Å². The van der Waals surface area contributed by atoms with E-state index in [0.29, 0.717) is 0 Å². The molecule has 1 unspecified atom stereocenters. The molecule has 0 saturated carbocycles. The fourth-order valence-electron chi connectivity index (χ4n) is 1.03. The molecule has 0 bridgehead atoms. The Morgan fingerprint density at radius 3 is 2.53 bits per heavy atom. The number of rotatable bonds is 2. The molecule has 0 aromatic heterocycles. The van der Waals surface area contributed by atoms with Crippen LogP contribution < -0.4 is 0 Å².